The highest BCUT2D eigenvalue weighted by Crippen LogP contribution is 2.23. The zero-order chi connectivity index (χ0) is 20.4. The van der Waals surface area contributed by atoms with Gasteiger partial charge in [0.25, 0.3) is 5.56 Å². The van der Waals surface area contributed by atoms with Gasteiger partial charge in [-0.25, -0.2) is 14.8 Å². The van der Waals surface area contributed by atoms with E-state index in [1.54, 1.807) is 7.05 Å². The van der Waals surface area contributed by atoms with E-state index < -0.39 is 11.2 Å². The smallest absolute Gasteiger partial charge is 0.332 e. The molecule has 0 spiro atoms. The van der Waals surface area contributed by atoms with Crippen molar-refractivity contribution in [3.05, 3.63) is 26.7 Å². The number of aryl methyl sites for hydroxylation is 1. The van der Waals surface area contributed by atoms with Gasteiger partial charge in [-0.05, 0) is 18.8 Å². The molecule has 0 radical (unpaired) electrons. The van der Waals surface area contributed by atoms with Crippen molar-refractivity contribution in [2.24, 2.45) is 20.0 Å². The topological polar surface area (TPSA) is 98.9 Å². The third-order valence-corrected chi connectivity index (χ3v) is 5.94. The number of nitrogens with zero attached hydrogens (tertiary/aromatic N) is 4. The van der Waals surface area contributed by atoms with Gasteiger partial charge in [0.1, 0.15) is 16.2 Å². The molecule has 0 atom stereocenters. The van der Waals surface area contributed by atoms with E-state index in [0.717, 1.165) is 30.3 Å². The van der Waals surface area contributed by atoms with Crippen molar-refractivity contribution < 1.29 is 4.79 Å². The van der Waals surface area contributed by atoms with Crippen LogP contribution in [0.5, 0.6) is 0 Å². The van der Waals surface area contributed by atoms with E-state index in [9.17, 15) is 14.4 Å². The maximum atomic E-state index is 12.7. The number of aromatic nitrogens is 4. The van der Waals surface area contributed by atoms with Crippen molar-refractivity contribution >= 4 is 28.7 Å². The average Bonchev–Trinajstić information content (AvgIpc) is 3.15. The minimum atomic E-state index is -0.437. The molecule has 28 heavy (non-hydrogen) atoms. The number of hydrogen-bond donors (Lipinski definition) is 1. The van der Waals surface area contributed by atoms with Gasteiger partial charge in [0, 0.05) is 26.6 Å². The summed E-state index contributed by atoms with van der Waals surface area (Å²) < 4.78 is 2.42. The fraction of sp³-hybridized carbons (Fsp3) is 0.632. The van der Waals surface area contributed by atoms with Crippen molar-refractivity contribution in [2.45, 2.75) is 57.0 Å². The highest BCUT2D eigenvalue weighted by atomic mass is 32.2. The summed E-state index contributed by atoms with van der Waals surface area (Å²) >= 11 is 1.23. The molecule has 2 aromatic rings. The molecule has 152 valence electrons. The molecule has 1 aliphatic carbocycles. The SMILES string of the molecule is CC(C)Cc1nc(SCC(=O)NC2CCCC2)c2c(=O)n(C)c(=O)n(C)c2n1. The number of fused-ring (bicyclic) bond motifs is 1. The third kappa shape index (κ3) is 4.29. The summed E-state index contributed by atoms with van der Waals surface area (Å²) in [6.07, 6.45) is 4.97. The lowest BCUT2D eigenvalue weighted by molar-refractivity contribution is -0.119. The Labute approximate surface area is 167 Å². The first kappa shape index (κ1) is 20.6. The van der Waals surface area contributed by atoms with Gasteiger partial charge in [-0.1, -0.05) is 38.5 Å². The third-order valence-electron chi connectivity index (χ3n) is 4.96. The highest BCUT2D eigenvalue weighted by Gasteiger charge is 2.20. The van der Waals surface area contributed by atoms with Crippen molar-refractivity contribution in [3.8, 4) is 0 Å². The first-order valence-electron chi connectivity index (χ1n) is 9.66. The molecule has 3 rings (SSSR count). The number of carbonyl (C=O) groups excluding carboxylic acids is 1. The molecule has 1 aliphatic rings. The van der Waals surface area contributed by atoms with Crippen LogP contribution in [0.15, 0.2) is 14.6 Å². The van der Waals surface area contributed by atoms with Crippen molar-refractivity contribution in [1.29, 1.82) is 0 Å². The minimum Gasteiger partial charge on any atom is -0.353 e. The summed E-state index contributed by atoms with van der Waals surface area (Å²) in [7, 11) is 3.03. The van der Waals surface area contributed by atoms with Crippen LogP contribution in [0.4, 0.5) is 0 Å². The monoisotopic (exact) mass is 405 g/mol. The Hall–Kier alpha value is -2.16. The number of carbonyl (C=O) groups is 1. The fourth-order valence-corrected chi connectivity index (χ4v) is 4.35. The zero-order valence-corrected chi connectivity index (χ0v) is 17.6. The second-order valence-electron chi connectivity index (χ2n) is 7.78. The highest BCUT2D eigenvalue weighted by molar-refractivity contribution is 8.00. The summed E-state index contributed by atoms with van der Waals surface area (Å²) in [6.45, 7) is 4.11. The van der Waals surface area contributed by atoms with Gasteiger partial charge in [0.15, 0.2) is 5.65 Å². The summed E-state index contributed by atoms with van der Waals surface area (Å²) in [4.78, 5) is 46.4. The van der Waals surface area contributed by atoms with Gasteiger partial charge >= 0.3 is 5.69 Å². The molecule has 1 amide bonds. The molecule has 0 unspecified atom stereocenters. The average molecular weight is 406 g/mol. The van der Waals surface area contributed by atoms with Gasteiger partial charge in [-0.2, -0.15) is 0 Å². The van der Waals surface area contributed by atoms with Crippen LogP contribution in [0.2, 0.25) is 0 Å². The Morgan fingerprint density at radius 2 is 1.86 bits per heavy atom. The molecule has 0 saturated heterocycles. The molecule has 0 bridgehead atoms. The number of rotatable bonds is 6. The summed E-state index contributed by atoms with van der Waals surface area (Å²) in [5, 5.41) is 3.79. The maximum Gasteiger partial charge on any atom is 0.332 e. The van der Waals surface area contributed by atoms with Crippen LogP contribution < -0.4 is 16.6 Å². The van der Waals surface area contributed by atoms with Crippen LogP contribution in [0.1, 0.15) is 45.4 Å². The van der Waals surface area contributed by atoms with Gasteiger partial charge < -0.3 is 5.32 Å². The van der Waals surface area contributed by atoms with Crippen LogP contribution in [-0.4, -0.2) is 36.8 Å². The summed E-state index contributed by atoms with van der Waals surface area (Å²) in [6, 6.07) is 0.250. The largest absolute Gasteiger partial charge is 0.353 e. The molecule has 1 saturated carbocycles. The summed E-state index contributed by atoms with van der Waals surface area (Å²) in [5.74, 6) is 1.01. The van der Waals surface area contributed by atoms with Crippen molar-refractivity contribution in [2.75, 3.05) is 5.75 Å². The molecule has 0 aliphatic heterocycles. The minimum absolute atomic E-state index is 0.0595. The Morgan fingerprint density at radius 1 is 1.18 bits per heavy atom. The fourth-order valence-electron chi connectivity index (χ4n) is 3.51. The Bertz CT molecular complexity index is 1010. The Morgan fingerprint density at radius 3 is 2.50 bits per heavy atom. The van der Waals surface area contributed by atoms with Crippen LogP contribution in [0, 0.1) is 5.92 Å². The zero-order valence-electron chi connectivity index (χ0n) is 16.8. The van der Waals surface area contributed by atoms with Gasteiger partial charge in [0.05, 0.1) is 5.75 Å². The first-order chi connectivity index (χ1) is 13.3. The van der Waals surface area contributed by atoms with E-state index in [0.29, 0.717) is 28.8 Å². The molecule has 0 aromatic carbocycles. The van der Waals surface area contributed by atoms with E-state index in [2.05, 4.69) is 29.1 Å². The predicted molar refractivity (Wildman–Crippen MR) is 110 cm³/mol. The lowest BCUT2D eigenvalue weighted by Crippen LogP contribution is -2.38. The molecule has 2 heterocycles. The predicted octanol–water partition coefficient (Wildman–Crippen LogP) is 1.38. The number of hydrogen-bond acceptors (Lipinski definition) is 6. The molecular formula is C19H27N5O3S. The second-order valence-corrected chi connectivity index (χ2v) is 8.75. The van der Waals surface area contributed by atoms with Crippen molar-refractivity contribution in [1.82, 2.24) is 24.4 Å². The molecule has 9 heteroatoms. The number of amides is 1. The summed E-state index contributed by atoms with van der Waals surface area (Å²) in [5.41, 5.74) is -0.549. The van der Waals surface area contributed by atoms with Crippen LogP contribution in [0.3, 0.4) is 0 Å². The van der Waals surface area contributed by atoms with E-state index in [-0.39, 0.29) is 23.1 Å². The number of thioether (sulfide) groups is 1. The van der Waals surface area contributed by atoms with Gasteiger partial charge in [0.2, 0.25) is 5.91 Å². The quantitative estimate of drug-likeness (QED) is 0.576. The van der Waals surface area contributed by atoms with Gasteiger partial charge in [-0.15, -0.1) is 0 Å². The lowest BCUT2D eigenvalue weighted by atomic mass is 10.1. The van der Waals surface area contributed by atoms with E-state index in [1.807, 2.05) is 0 Å². The first-order valence-corrected chi connectivity index (χ1v) is 10.6. The molecule has 8 nitrogen and oxygen atoms in total. The molecule has 2 aromatic heterocycles. The van der Waals surface area contributed by atoms with Crippen LogP contribution >= 0.6 is 11.8 Å². The van der Waals surface area contributed by atoms with E-state index >= 15 is 0 Å². The molecule has 1 fully saturated rings. The van der Waals surface area contributed by atoms with Gasteiger partial charge in [-0.3, -0.25) is 18.7 Å². The lowest BCUT2D eigenvalue weighted by Gasteiger charge is -2.14. The Kier molecular flexibility index (Phi) is 6.22. The normalized spacial score (nSPS) is 14.9. The van der Waals surface area contributed by atoms with E-state index in [4.69, 9.17) is 0 Å². The standard InChI is InChI=1S/C19H27N5O3S/c1-11(2)9-13-21-16-15(18(26)24(4)19(27)23(16)3)17(22-13)28-10-14(25)20-12-7-5-6-8-12/h11-12H,5-10H2,1-4H3,(H,20,25). The van der Waals surface area contributed by atoms with Crippen LogP contribution in [-0.2, 0) is 25.3 Å². The maximum absolute atomic E-state index is 12.7. The Balaban J connectivity index is 1.97. The molecule has 1 N–H and O–H groups in total. The van der Waals surface area contributed by atoms with Crippen molar-refractivity contribution in [3.63, 3.8) is 0 Å². The molecular weight excluding hydrogens is 378 g/mol. The van der Waals surface area contributed by atoms with E-state index in [1.165, 1.54) is 23.4 Å². The number of nitrogens with one attached hydrogen (secondary N) is 1. The second kappa shape index (κ2) is 8.46. The van der Waals surface area contributed by atoms with Crippen LogP contribution in [0.25, 0.3) is 11.0 Å².